The molecule has 4 nitrogen and oxygen atoms in total. The van der Waals surface area contributed by atoms with Crippen molar-refractivity contribution in [3.8, 4) is 0 Å². The largest absolute Gasteiger partial charge is 0.513 e. The number of rotatable bonds is 3. The van der Waals surface area contributed by atoms with Crippen LogP contribution in [0.5, 0.6) is 0 Å². The molecular weight excluding hydrogens is 156 g/mol. The van der Waals surface area contributed by atoms with Gasteiger partial charge in [0.25, 0.3) is 5.91 Å². The van der Waals surface area contributed by atoms with Crippen molar-refractivity contribution in [1.82, 2.24) is 5.43 Å². The van der Waals surface area contributed by atoms with Crippen LogP contribution < -0.4 is 11.3 Å². The van der Waals surface area contributed by atoms with Gasteiger partial charge in [0.05, 0.1) is 5.76 Å². The van der Waals surface area contributed by atoms with Crippen LogP contribution in [0.3, 0.4) is 0 Å². The van der Waals surface area contributed by atoms with Crippen molar-refractivity contribution >= 4 is 5.91 Å². The summed E-state index contributed by atoms with van der Waals surface area (Å²) in [5.74, 6) is 4.77. The molecule has 0 saturated heterocycles. The van der Waals surface area contributed by atoms with Crippen molar-refractivity contribution in [1.29, 1.82) is 0 Å². The maximum atomic E-state index is 10.9. The average molecular weight is 170 g/mol. The van der Waals surface area contributed by atoms with Crippen LogP contribution in [0.25, 0.3) is 0 Å². The van der Waals surface area contributed by atoms with E-state index in [1.54, 1.807) is 0 Å². The normalized spacial score (nSPS) is 12.9. The summed E-state index contributed by atoms with van der Waals surface area (Å²) in [6.45, 7) is 3.37. The molecule has 0 rings (SSSR count). The van der Waals surface area contributed by atoms with Crippen LogP contribution in [0.4, 0.5) is 0 Å². The average Bonchev–Trinajstić information content (AvgIpc) is 2.04. The summed E-state index contributed by atoms with van der Waals surface area (Å²) in [6, 6.07) is 0. The maximum Gasteiger partial charge on any atom is 0.261 e. The molecule has 1 amide bonds. The fraction of sp³-hybridized carbons (Fsp3) is 0.375. The Morgan fingerprint density at radius 3 is 2.50 bits per heavy atom. The van der Waals surface area contributed by atoms with E-state index in [1.807, 2.05) is 12.3 Å². The molecule has 0 aliphatic carbocycles. The van der Waals surface area contributed by atoms with E-state index in [-0.39, 0.29) is 11.7 Å². The van der Waals surface area contributed by atoms with Gasteiger partial charge in [-0.25, -0.2) is 5.84 Å². The van der Waals surface area contributed by atoms with Gasteiger partial charge < -0.3 is 5.11 Å². The topological polar surface area (TPSA) is 75.3 Å². The first-order valence-electron chi connectivity index (χ1n) is 3.69. The van der Waals surface area contributed by atoms with Gasteiger partial charge in [0.2, 0.25) is 0 Å². The maximum absolute atomic E-state index is 10.9. The van der Waals surface area contributed by atoms with Crippen molar-refractivity contribution < 1.29 is 9.90 Å². The van der Waals surface area contributed by atoms with Crippen LogP contribution in [0.1, 0.15) is 20.3 Å². The van der Waals surface area contributed by atoms with E-state index in [0.29, 0.717) is 12.0 Å². The van der Waals surface area contributed by atoms with E-state index in [9.17, 15) is 4.79 Å². The standard InChI is InChI=1S/C8H14N2O2/c1-3-7(8(12)10-9)5-4-6(2)11/h4-5,11H,3,9H2,1-2H3,(H,10,12)/b6-4+,7-5+. The Labute approximate surface area is 71.7 Å². The number of hydrogen-bond donors (Lipinski definition) is 3. The number of nitrogens with one attached hydrogen (secondary N) is 1. The van der Waals surface area contributed by atoms with Gasteiger partial charge in [0.1, 0.15) is 0 Å². The molecule has 0 spiro atoms. The van der Waals surface area contributed by atoms with Gasteiger partial charge >= 0.3 is 0 Å². The number of amides is 1. The first kappa shape index (κ1) is 10.7. The van der Waals surface area contributed by atoms with Gasteiger partial charge in [-0.1, -0.05) is 13.0 Å². The molecule has 4 heteroatoms. The highest BCUT2D eigenvalue weighted by Crippen LogP contribution is 2.01. The lowest BCUT2D eigenvalue weighted by Crippen LogP contribution is -2.31. The monoisotopic (exact) mass is 170 g/mol. The predicted octanol–water partition coefficient (Wildman–Crippen LogP) is 0.775. The molecule has 0 radical (unpaired) electrons. The quantitative estimate of drug-likeness (QED) is 0.146. The third-order valence-corrected chi connectivity index (χ3v) is 1.33. The Morgan fingerprint density at radius 2 is 2.17 bits per heavy atom. The second-order valence-electron chi connectivity index (χ2n) is 2.33. The van der Waals surface area contributed by atoms with Crippen LogP contribution in [-0.4, -0.2) is 11.0 Å². The van der Waals surface area contributed by atoms with Crippen molar-refractivity contribution in [3.05, 3.63) is 23.5 Å². The summed E-state index contributed by atoms with van der Waals surface area (Å²) >= 11 is 0. The summed E-state index contributed by atoms with van der Waals surface area (Å²) in [5, 5.41) is 8.80. The van der Waals surface area contributed by atoms with Gasteiger partial charge in [0.15, 0.2) is 0 Å². The molecule has 0 aromatic carbocycles. The molecule has 0 fully saturated rings. The fourth-order valence-corrected chi connectivity index (χ4v) is 0.668. The molecule has 0 aromatic rings. The zero-order valence-electron chi connectivity index (χ0n) is 7.29. The van der Waals surface area contributed by atoms with Crippen molar-refractivity contribution in [2.75, 3.05) is 0 Å². The van der Waals surface area contributed by atoms with Gasteiger partial charge in [-0.3, -0.25) is 10.2 Å². The second kappa shape index (κ2) is 5.37. The summed E-state index contributed by atoms with van der Waals surface area (Å²) in [4.78, 5) is 10.9. The number of hydrazine groups is 1. The molecule has 0 aliphatic rings. The summed E-state index contributed by atoms with van der Waals surface area (Å²) in [6.07, 6.45) is 3.57. The van der Waals surface area contributed by atoms with Gasteiger partial charge in [-0.2, -0.15) is 0 Å². The van der Waals surface area contributed by atoms with Crippen LogP contribution in [-0.2, 0) is 4.79 Å². The number of allylic oxidation sites excluding steroid dienone is 3. The van der Waals surface area contributed by atoms with E-state index in [1.165, 1.54) is 19.1 Å². The molecule has 0 atom stereocenters. The molecule has 0 aliphatic heterocycles. The van der Waals surface area contributed by atoms with Gasteiger partial charge in [-0.05, 0) is 19.4 Å². The Bertz CT molecular complexity index is 215. The Kier molecular flexibility index (Phi) is 4.79. The smallest absolute Gasteiger partial charge is 0.261 e. The molecule has 0 unspecified atom stereocenters. The van der Waals surface area contributed by atoms with E-state index in [2.05, 4.69) is 0 Å². The summed E-state index contributed by atoms with van der Waals surface area (Å²) < 4.78 is 0. The number of aliphatic hydroxyl groups is 1. The van der Waals surface area contributed by atoms with Crippen molar-refractivity contribution in [2.45, 2.75) is 20.3 Å². The minimum atomic E-state index is -0.324. The summed E-state index contributed by atoms with van der Waals surface area (Å²) in [5.41, 5.74) is 2.55. The highest BCUT2D eigenvalue weighted by atomic mass is 16.3. The Hall–Kier alpha value is -1.29. The molecule has 0 heterocycles. The van der Waals surface area contributed by atoms with E-state index >= 15 is 0 Å². The predicted molar refractivity (Wildman–Crippen MR) is 47.1 cm³/mol. The lowest BCUT2D eigenvalue weighted by Gasteiger charge is -1.99. The molecule has 0 bridgehead atoms. The third kappa shape index (κ3) is 3.78. The SMILES string of the molecule is CC/C(=C\C=C(/C)O)C(=O)NN. The molecule has 68 valence electrons. The first-order valence-corrected chi connectivity index (χ1v) is 3.69. The number of aliphatic hydroxyl groups excluding tert-OH is 1. The highest BCUT2D eigenvalue weighted by molar-refractivity contribution is 5.93. The summed E-state index contributed by atoms with van der Waals surface area (Å²) in [7, 11) is 0. The number of hydrogen-bond acceptors (Lipinski definition) is 3. The zero-order chi connectivity index (χ0) is 9.56. The van der Waals surface area contributed by atoms with Gasteiger partial charge in [-0.15, -0.1) is 0 Å². The molecule has 12 heavy (non-hydrogen) atoms. The van der Waals surface area contributed by atoms with Crippen LogP contribution >= 0.6 is 0 Å². The van der Waals surface area contributed by atoms with Crippen LogP contribution in [0.2, 0.25) is 0 Å². The second-order valence-corrected chi connectivity index (χ2v) is 2.33. The van der Waals surface area contributed by atoms with E-state index in [0.717, 1.165) is 0 Å². The first-order chi connectivity index (χ1) is 5.61. The van der Waals surface area contributed by atoms with Crippen molar-refractivity contribution in [2.24, 2.45) is 5.84 Å². The minimum Gasteiger partial charge on any atom is -0.513 e. The van der Waals surface area contributed by atoms with E-state index in [4.69, 9.17) is 10.9 Å². The lowest BCUT2D eigenvalue weighted by molar-refractivity contribution is -0.117. The fourth-order valence-electron chi connectivity index (χ4n) is 0.668. The highest BCUT2D eigenvalue weighted by Gasteiger charge is 2.02. The number of carbonyl (C=O) groups excluding carboxylic acids is 1. The van der Waals surface area contributed by atoms with Gasteiger partial charge in [0, 0.05) is 5.57 Å². The minimum absolute atomic E-state index is 0.158. The van der Waals surface area contributed by atoms with E-state index < -0.39 is 0 Å². The molecule has 0 saturated carbocycles. The van der Waals surface area contributed by atoms with Crippen molar-refractivity contribution in [3.63, 3.8) is 0 Å². The molecular formula is C8H14N2O2. The molecule has 0 aromatic heterocycles. The Morgan fingerprint density at radius 1 is 1.58 bits per heavy atom. The number of carbonyl (C=O) groups is 1. The van der Waals surface area contributed by atoms with Crippen LogP contribution in [0.15, 0.2) is 23.5 Å². The zero-order valence-corrected chi connectivity index (χ0v) is 7.29. The third-order valence-electron chi connectivity index (χ3n) is 1.33. The lowest BCUT2D eigenvalue weighted by atomic mass is 10.2. The molecule has 4 N–H and O–H groups in total. The number of nitrogens with two attached hydrogens (primary N) is 1. The van der Waals surface area contributed by atoms with Crippen LogP contribution in [0, 0.1) is 0 Å². The Balaban J connectivity index is 4.44.